The minimum Gasteiger partial charge on any atom is -0.484 e. The molecule has 0 saturated heterocycles. The van der Waals surface area contributed by atoms with Crippen LogP contribution in [0.25, 0.3) is 0 Å². The van der Waals surface area contributed by atoms with Gasteiger partial charge in [0.25, 0.3) is 5.91 Å². The molecule has 1 aromatic rings. The Kier molecular flexibility index (Phi) is 7.27. The predicted octanol–water partition coefficient (Wildman–Crippen LogP) is 2.01. The van der Waals surface area contributed by atoms with Crippen LogP contribution in [-0.4, -0.2) is 25.6 Å². The summed E-state index contributed by atoms with van der Waals surface area (Å²) in [5.41, 5.74) is 0.576. The average Bonchev–Trinajstić information content (AvgIpc) is 2.48. The van der Waals surface area contributed by atoms with Crippen molar-refractivity contribution in [3.63, 3.8) is 0 Å². The standard InChI is InChI=1S/C16H21FN2O2/c1-4-8-18-12(3)14-7-6-13(10-15(14)17)21-11-16(20)19-9-5-2/h2,6-7,10,12,18H,4,8-9,11H2,1,3H3,(H,19,20). The molecule has 0 radical (unpaired) electrons. The first-order chi connectivity index (χ1) is 10.1. The summed E-state index contributed by atoms with van der Waals surface area (Å²) in [6, 6.07) is 4.53. The Morgan fingerprint density at radius 1 is 1.52 bits per heavy atom. The van der Waals surface area contributed by atoms with Crippen molar-refractivity contribution < 1.29 is 13.9 Å². The molecule has 0 fully saturated rings. The summed E-state index contributed by atoms with van der Waals surface area (Å²) < 4.78 is 19.2. The Hall–Kier alpha value is -2.06. The Bertz CT molecular complexity index is 511. The van der Waals surface area contributed by atoms with Crippen molar-refractivity contribution in [2.24, 2.45) is 0 Å². The van der Waals surface area contributed by atoms with Gasteiger partial charge in [0, 0.05) is 17.7 Å². The highest BCUT2D eigenvalue weighted by molar-refractivity contribution is 5.77. The molecule has 0 aliphatic rings. The van der Waals surface area contributed by atoms with Crippen LogP contribution in [0.3, 0.4) is 0 Å². The lowest BCUT2D eigenvalue weighted by molar-refractivity contribution is -0.122. The van der Waals surface area contributed by atoms with Crippen LogP contribution in [0.2, 0.25) is 0 Å². The molecular formula is C16H21FN2O2. The minimum absolute atomic E-state index is 0.0714. The zero-order valence-corrected chi connectivity index (χ0v) is 12.4. The molecule has 1 aromatic carbocycles. The summed E-state index contributed by atoms with van der Waals surface area (Å²) in [4.78, 5) is 11.3. The first-order valence-electron chi connectivity index (χ1n) is 6.94. The average molecular weight is 292 g/mol. The van der Waals surface area contributed by atoms with Gasteiger partial charge in [-0.3, -0.25) is 4.79 Å². The fourth-order valence-electron chi connectivity index (χ4n) is 1.77. The molecule has 0 spiro atoms. The highest BCUT2D eigenvalue weighted by atomic mass is 19.1. The van der Waals surface area contributed by atoms with E-state index in [1.165, 1.54) is 6.07 Å². The van der Waals surface area contributed by atoms with Crippen molar-refractivity contribution in [1.82, 2.24) is 10.6 Å². The number of amides is 1. The highest BCUT2D eigenvalue weighted by Gasteiger charge is 2.11. The lowest BCUT2D eigenvalue weighted by atomic mass is 10.1. The molecule has 5 heteroatoms. The van der Waals surface area contributed by atoms with Crippen LogP contribution in [0.4, 0.5) is 4.39 Å². The molecular weight excluding hydrogens is 271 g/mol. The smallest absolute Gasteiger partial charge is 0.258 e. The van der Waals surface area contributed by atoms with Gasteiger partial charge in [-0.15, -0.1) is 6.42 Å². The molecule has 0 aromatic heterocycles. The number of nitrogens with one attached hydrogen (secondary N) is 2. The van der Waals surface area contributed by atoms with E-state index < -0.39 is 0 Å². The Labute approximate surface area is 125 Å². The van der Waals surface area contributed by atoms with Crippen molar-refractivity contribution in [2.75, 3.05) is 19.7 Å². The van der Waals surface area contributed by atoms with Crippen LogP contribution >= 0.6 is 0 Å². The van der Waals surface area contributed by atoms with Crippen LogP contribution < -0.4 is 15.4 Å². The van der Waals surface area contributed by atoms with Crippen molar-refractivity contribution in [2.45, 2.75) is 26.3 Å². The van der Waals surface area contributed by atoms with Gasteiger partial charge in [0.15, 0.2) is 6.61 Å². The summed E-state index contributed by atoms with van der Waals surface area (Å²) in [7, 11) is 0. The number of hydrogen-bond donors (Lipinski definition) is 2. The van der Waals surface area contributed by atoms with E-state index in [2.05, 4.69) is 23.5 Å². The van der Waals surface area contributed by atoms with E-state index in [4.69, 9.17) is 11.2 Å². The van der Waals surface area contributed by atoms with Gasteiger partial charge < -0.3 is 15.4 Å². The molecule has 2 N–H and O–H groups in total. The lowest BCUT2D eigenvalue weighted by Gasteiger charge is -2.15. The second kappa shape index (κ2) is 8.98. The second-order valence-corrected chi connectivity index (χ2v) is 4.63. The van der Waals surface area contributed by atoms with E-state index in [0.29, 0.717) is 11.3 Å². The van der Waals surface area contributed by atoms with Crippen LogP contribution in [0.15, 0.2) is 18.2 Å². The number of halogens is 1. The molecule has 0 aliphatic heterocycles. The zero-order valence-electron chi connectivity index (χ0n) is 12.4. The van der Waals surface area contributed by atoms with E-state index in [0.717, 1.165) is 13.0 Å². The maximum atomic E-state index is 14.0. The van der Waals surface area contributed by atoms with E-state index in [1.807, 2.05) is 6.92 Å². The third kappa shape index (κ3) is 5.84. The quantitative estimate of drug-likeness (QED) is 0.721. The largest absolute Gasteiger partial charge is 0.484 e. The molecule has 21 heavy (non-hydrogen) atoms. The molecule has 1 rings (SSSR count). The van der Waals surface area contributed by atoms with Crippen LogP contribution in [0.5, 0.6) is 5.75 Å². The van der Waals surface area contributed by atoms with Gasteiger partial charge >= 0.3 is 0 Å². The molecule has 0 aliphatic carbocycles. The first kappa shape index (κ1) is 17.0. The molecule has 1 atom stereocenters. The van der Waals surface area contributed by atoms with E-state index in [9.17, 15) is 9.18 Å². The molecule has 4 nitrogen and oxygen atoms in total. The number of ether oxygens (including phenoxy) is 1. The molecule has 1 unspecified atom stereocenters. The SMILES string of the molecule is C#CCNC(=O)COc1ccc(C(C)NCCC)c(F)c1. The molecule has 0 saturated carbocycles. The predicted molar refractivity (Wildman–Crippen MR) is 80.4 cm³/mol. The lowest BCUT2D eigenvalue weighted by Crippen LogP contribution is -2.29. The summed E-state index contributed by atoms with van der Waals surface area (Å²) in [6.45, 7) is 4.74. The van der Waals surface area contributed by atoms with E-state index in [-0.39, 0.29) is 30.9 Å². The number of terminal acetylenes is 1. The fraction of sp³-hybridized carbons (Fsp3) is 0.438. The number of hydrogen-bond acceptors (Lipinski definition) is 3. The topological polar surface area (TPSA) is 50.4 Å². The molecule has 0 heterocycles. The third-order valence-corrected chi connectivity index (χ3v) is 2.90. The van der Waals surface area contributed by atoms with E-state index >= 15 is 0 Å². The number of carbonyl (C=O) groups excluding carboxylic acids is 1. The van der Waals surface area contributed by atoms with Gasteiger partial charge in [0.2, 0.25) is 0 Å². The Morgan fingerprint density at radius 2 is 2.29 bits per heavy atom. The fourth-order valence-corrected chi connectivity index (χ4v) is 1.77. The summed E-state index contributed by atoms with van der Waals surface area (Å²) in [6.07, 6.45) is 6.01. The normalized spacial score (nSPS) is 11.5. The third-order valence-electron chi connectivity index (χ3n) is 2.90. The second-order valence-electron chi connectivity index (χ2n) is 4.63. The minimum atomic E-state index is -0.354. The van der Waals surface area contributed by atoms with Gasteiger partial charge in [-0.1, -0.05) is 18.9 Å². The monoisotopic (exact) mass is 292 g/mol. The molecule has 0 bridgehead atoms. The molecule has 114 valence electrons. The van der Waals surface area contributed by atoms with Crippen molar-refractivity contribution >= 4 is 5.91 Å². The van der Waals surface area contributed by atoms with Crippen LogP contribution in [0, 0.1) is 18.2 Å². The van der Waals surface area contributed by atoms with Crippen molar-refractivity contribution in [3.8, 4) is 18.1 Å². The van der Waals surface area contributed by atoms with Crippen LogP contribution in [0.1, 0.15) is 31.9 Å². The van der Waals surface area contributed by atoms with Crippen LogP contribution in [-0.2, 0) is 4.79 Å². The molecule has 1 amide bonds. The first-order valence-corrected chi connectivity index (χ1v) is 6.94. The number of benzene rings is 1. The summed E-state index contributed by atoms with van der Waals surface area (Å²) >= 11 is 0. The van der Waals surface area contributed by atoms with Gasteiger partial charge in [0.05, 0.1) is 6.54 Å². The van der Waals surface area contributed by atoms with Gasteiger partial charge in [-0.2, -0.15) is 0 Å². The van der Waals surface area contributed by atoms with Crippen molar-refractivity contribution in [3.05, 3.63) is 29.6 Å². The zero-order chi connectivity index (χ0) is 15.7. The van der Waals surface area contributed by atoms with Gasteiger partial charge in [0.1, 0.15) is 11.6 Å². The van der Waals surface area contributed by atoms with E-state index in [1.54, 1.807) is 12.1 Å². The maximum Gasteiger partial charge on any atom is 0.258 e. The summed E-state index contributed by atoms with van der Waals surface area (Å²) in [5, 5.41) is 5.68. The van der Waals surface area contributed by atoms with Gasteiger partial charge in [-0.25, -0.2) is 4.39 Å². The van der Waals surface area contributed by atoms with Crippen molar-refractivity contribution in [1.29, 1.82) is 0 Å². The number of carbonyl (C=O) groups is 1. The Morgan fingerprint density at radius 3 is 2.90 bits per heavy atom. The maximum absolute atomic E-state index is 14.0. The Balaban J connectivity index is 2.57. The highest BCUT2D eigenvalue weighted by Crippen LogP contribution is 2.21. The van der Waals surface area contributed by atoms with Gasteiger partial charge in [-0.05, 0) is 26.0 Å². The number of rotatable bonds is 8. The summed E-state index contributed by atoms with van der Waals surface area (Å²) in [5.74, 6) is 1.91.